The van der Waals surface area contributed by atoms with Crippen molar-refractivity contribution in [1.82, 2.24) is 4.57 Å². The fourth-order valence-electron chi connectivity index (χ4n) is 3.41. The Morgan fingerprint density at radius 3 is 2.54 bits per heavy atom. The number of ether oxygens (including phenoxy) is 1. The van der Waals surface area contributed by atoms with Gasteiger partial charge < -0.3 is 14.2 Å². The SMILES string of the molecule is CCOC=O.c1ccc2c(c1)c(N1CCCCC1)cn2CC1CC1. The average Bonchev–Trinajstić information content (AvgIpc) is 3.37. The molecule has 2 aliphatic rings. The summed E-state index contributed by atoms with van der Waals surface area (Å²) in [7, 11) is 0. The van der Waals surface area contributed by atoms with Crippen LogP contribution in [0.3, 0.4) is 0 Å². The van der Waals surface area contributed by atoms with Crippen molar-refractivity contribution in [3.8, 4) is 0 Å². The van der Waals surface area contributed by atoms with Crippen molar-refractivity contribution < 1.29 is 9.53 Å². The second-order valence-electron chi connectivity index (χ2n) is 6.73. The van der Waals surface area contributed by atoms with Crippen molar-refractivity contribution in [2.75, 3.05) is 24.6 Å². The molecule has 4 rings (SSSR count). The number of carbonyl (C=O) groups excluding carboxylic acids is 1. The predicted octanol–water partition coefficient (Wildman–Crippen LogP) is 4.22. The van der Waals surface area contributed by atoms with Crippen molar-refractivity contribution in [2.24, 2.45) is 5.92 Å². The number of hydrogen-bond donors (Lipinski definition) is 0. The van der Waals surface area contributed by atoms with Gasteiger partial charge in [0.2, 0.25) is 0 Å². The summed E-state index contributed by atoms with van der Waals surface area (Å²) < 4.78 is 6.65. The first kappa shape index (κ1) is 16.9. The number of para-hydroxylation sites is 1. The van der Waals surface area contributed by atoms with Crippen molar-refractivity contribution in [2.45, 2.75) is 45.6 Å². The van der Waals surface area contributed by atoms with E-state index in [-0.39, 0.29) is 0 Å². The molecule has 2 fully saturated rings. The second-order valence-corrected chi connectivity index (χ2v) is 6.73. The molecule has 1 saturated heterocycles. The Morgan fingerprint density at radius 1 is 1.17 bits per heavy atom. The lowest BCUT2D eigenvalue weighted by molar-refractivity contribution is -0.128. The van der Waals surface area contributed by atoms with Crippen LogP contribution in [0, 0.1) is 5.92 Å². The fourth-order valence-corrected chi connectivity index (χ4v) is 3.41. The van der Waals surface area contributed by atoms with Crippen LogP contribution < -0.4 is 4.90 Å². The average molecular weight is 328 g/mol. The highest BCUT2D eigenvalue weighted by Gasteiger charge is 2.24. The maximum absolute atomic E-state index is 9.18. The van der Waals surface area contributed by atoms with E-state index in [4.69, 9.17) is 0 Å². The molecule has 130 valence electrons. The van der Waals surface area contributed by atoms with E-state index in [1.165, 1.54) is 68.3 Å². The van der Waals surface area contributed by atoms with Gasteiger partial charge in [0.15, 0.2) is 0 Å². The summed E-state index contributed by atoms with van der Waals surface area (Å²) in [5, 5.41) is 1.45. The number of piperidine rings is 1. The lowest BCUT2D eigenvalue weighted by atomic mass is 10.1. The minimum atomic E-state index is 0.431. The van der Waals surface area contributed by atoms with Crippen LogP contribution in [-0.2, 0) is 16.1 Å². The lowest BCUT2D eigenvalue weighted by Gasteiger charge is -2.28. The lowest BCUT2D eigenvalue weighted by Crippen LogP contribution is -2.29. The number of aromatic nitrogens is 1. The largest absolute Gasteiger partial charge is 0.468 e. The molecule has 1 aromatic carbocycles. The van der Waals surface area contributed by atoms with E-state index >= 15 is 0 Å². The molecule has 0 bridgehead atoms. The van der Waals surface area contributed by atoms with Gasteiger partial charge in [0.1, 0.15) is 0 Å². The Morgan fingerprint density at radius 2 is 1.92 bits per heavy atom. The smallest absolute Gasteiger partial charge is 0.293 e. The molecular weight excluding hydrogens is 300 g/mol. The van der Waals surface area contributed by atoms with Crippen LogP contribution in [-0.4, -0.2) is 30.7 Å². The number of rotatable bonds is 5. The van der Waals surface area contributed by atoms with Crippen LogP contribution in [0.2, 0.25) is 0 Å². The Bertz CT molecular complexity index is 655. The van der Waals surface area contributed by atoms with Gasteiger partial charge >= 0.3 is 0 Å². The van der Waals surface area contributed by atoms with Crippen molar-refractivity contribution >= 4 is 23.1 Å². The van der Waals surface area contributed by atoms with Gasteiger partial charge in [0, 0.05) is 31.2 Å². The number of carbonyl (C=O) groups is 1. The molecule has 1 aliphatic heterocycles. The zero-order valence-electron chi connectivity index (χ0n) is 14.6. The Hall–Kier alpha value is -1.97. The molecule has 1 aromatic heterocycles. The van der Waals surface area contributed by atoms with Crippen LogP contribution in [0.15, 0.2) is 30.5 Å². The first-order chi connectivity index (χ1) is 11.8. The molecule has 0 unspecified atom stereocenters. The maximum Gasteiger partial charge on any atom is 0.293 e. The molecule has 1 aliphatic carbocycles. The van der Waals surface area contributed by atoms with E-state index in [2.05, 4.69) is 44.7 Å². The third-order valence-corrected chi connectivity index (χ3v) is 4.85. The Balaban J connectivity index is 0.000000300. The van der Waals surface area contributed by atoms with Crippen LogP contribution in [0.4, 0.5) is 5.69 Å². The summed E-state index contributed by atoms with van der Waals surface area (Å²) >= 11 is 0. The van der Waals surface area contributed by atoms with Crippen LogP contribution in [0.1, 0.15) is 39.0 Å². The number of fused-ring (bicyclic) bond motifs is 1. The van der Waals surface area contributed by atoms with Gasteiger partial charge in [-0.1, -0.05) is 18.2 Å². The number of nitrogens with zero attached hydrogens (tertiary/aromatic N) is 2. The molecule has 2 aromatic rings. The molecule has 2 heterocycles. The molecule has 0 atom stereocenters. The molecule has 0 amide bonds. The van der Waals surface area contributed by atoms with Crippen LogP contribution >= 0.6 is 0 Å². The van der Waals surface area contributed by atoms with Crippen molar-refractivity contribution in [1.29, 1.82) is 0 Å². The summed E-state index contributed by atoms with van der Waals surface area (Å²) in [6, 6.07) is 8.93. The van der Waals surface area contributed by atoms with E-state index in [1.54, 1.807) is 6.92 Å². The van der Waals surface area contributed by atoms with Gasteiger partial charge in [-0.25, -0.2) is 0 Å². The predicted molar refractivity (Wildman–Crippen MR) is 98.4 cm³/mol. The second kappa shape index (κ2) is 8.22. The molecule has 4 nitrogen and oxygen atoms in total. The summed E-state index contributed by atoms with van der Waals surface area (Å²) in [6.07, 6.45) is 9.35. The third kappa shape index (κ3) is 4.11. The number of anilines is 1. The number of hydrogen-bond acceptors (Lipinski definition) is 3. The van der Waals surface area contributed by atoms with Gasteiger partial charge in [-0.3, -0.25) is 4.79 Å². The zero-order valence-corrected chi connectivity index (χ0v) is 14.6. The van der Waals surface area contributed by atoms with Crippen molar-refractivity contribution in [3.63, 3.8) is 0 Å². The fraction of sp³-hybridized carbons (Fsp3) is 0.550. The van der Waals surface area contributed by atoms with E-state index < -0.39 is 0 Å². The third-order valence-electron chi connectivity index (χ3n) is 4.85. The molecule has 0 spiro atoms. The molecule has 1 saturated carbocycles. The maximum atomic E-state index is 9.18. The topological polar surface area (TPSA) is 34.5 Å². The van der Waals surface area contributed by atoms with E-state index in [1.807, 2.05) is 0 Å². The summed E-state index contributed by atoms with van der Waals surface area (Å²) in [5.74, 6) is 0.935. The minimum Gasteiger partial charge on any atom is -0.468 e. The first-order valence-corrected chi connectivity index (χ1v) is 9.21. The molecule has 0 radical (unpaired) electrons. The molecule has 4 heteroatoms. The normalized spacial score (nSPS) is 17.3. The van der Waals surface area contributed by atoms with Gasteiger partial charge in [-0.05, 0) is 51.0 Å². The Kier molecular flexibility index (Phi) is 5.78. The first-order valence-electron chi connectivity index (χ1n) is 9.21. The number of benzene rings is 1. The summed E-state index contributed by atoms with van der Waals surface area (Å²) in [4.78, 5) is 11.8. The zero-order chi connectivity index (χ0) is 16.8. The summed E-state index contributed by atoms with van der Waals surface area (Å²) in [5.41, 5.74) is 2.89. The Labute approximate surface area is 144 Å². The van der Waals surface area contributed by atoms with Gasteiger partial charge in [0.25, 0.3) is 6.47 Å². The highest BCUT2D eigenvalue weighted by molar-refractivity contribution is 5.93. The van der Waals surface area contributed by atoms with E-state index in [0.29, 0.717) is 13.1 Å². The standard InChI is InChI=1S/C17H22N2.C3H6O2/c1-4-10-18(11-5-1)17-13-19(12-14-8-9-14)16-7-3-2-6-15(16)17;1-2-5-3-4/h2-3,6-7,13-14H,1,4-5,8-12H2;3H,2H2,1H3. The highest BCUT2D eigenvalue weighted by atomic mass is 16.5. The quantitative estimate of drug-likeness (QED) is 0.771. The van der Waals surface area contributed by atoms with Crippen molar-refractivity contribution in [3.05, 3.63) is 30.5 Å². The van der Waals surface area contributed by atoms with Crippen LogP contribution in [0.5, 0.6) is 0 Å². The molecule has 24 heavy (non-hydrogen) atoms. The summed E-state index contributed by atoms with van der Waals surface area (Å²) in [6.45, 7) is 6.35. The monoisotopic (exact) mass is 328 g/mol. The van der Waals surface area contributed by atoms with Gasteiger partial charge in [-0.15, -0.1) is 0 Å². The minimum absolute atomic E-state index is 0.431. The highest BCUT2D eigenvalue weighted by Crippen LogP contribution is 2.35. The molecule has 0 N–H and O–H groups in total. The van der Waals surface area contributed by atoms with E-state index in [0.717, 1.165) is 5.92 Å². The molecular formula is C20H28N2O2. The van der Waals surface area contributed by atoms with E-state index in [9.17, 15) is 4.79 Å². The van der Waals surface area contributed by atoms with Gasteiger partial charge in [0.05, 0.1) is 17.8 Å². The van der Waals surface area contributed by atoms with Gasteiger partial charge in [-0.2, -0.15) is 0 Å². The van der Waals surface area contributed by atoms with Crippen LogP contribution in [0.25, 0.3) is 10.9 Å².